The molecule has 0 aromatic carbocycles. The number of hydrogen-bond donors (Lipinski definition) is 1. The molecular weight excluding hydrogens is 224 g/mol. The van der Waals surface area contributed by atoms with Crippen molar-refractivity contribution in [1.82, 2.24) is 9.88 Å². The fourth-order valence-corrected chi connectivity index (χ4v) is 1.77. The summed E-state index contributed by atoms with van der Waals surface area (Å²) in [6.07, 6.45) is 9.25. The molecule has 1 amide bonds. The van der Waals surface area contributed by atoms with E-state index in [2.05, 4.69) is 10.9 Å². The van der Waals surface area contributed by atoms with Gasteiger partial charge in [0, 0.05) is 12.7 Å². The van der Waals surface area contributed by atoms with Gasteiger partial charge in [-0.15, -0.1) is 6.42 Å². The summed E-state index contributed by atoms with van der Waals surface area (Å²) in [5, 5.41) is 0.537. The standard InChI is InChI=1S/C12H13ClN2O/c1-2-5-15(8-9-3-4-9)12(16)11-6-10(13)7-14-11/h1,6-7,9,14H,3-5,8H2. The Morgan fingerprint density at radius 1 is 1.69 bits per heavy atom. The largest absolute Gasteiger partial charge is 0.356 e. The van der Waals surface area contributed by atoms with Gasteiger partial charge in [0.1, 0.15) is 5.69 Å². The molecule has 4 heteroatoms. The molecule has 1 aromatic heterocycles. The molecule has 84 valence electrons. The summed E-state index contributed by atoms with van der Waals surface area (Å²) < 4.78 is 0. The number of aromatic amines is 1. The first kappa shape index (κ1) is 11.1. The lowest BCUT2D eigenvalue weighted by Gasteiger charge is -2.19. The van der Waals surface area contributed by atoms with Crippen LogP contribution in [0.1, 0.15) is 23.3 Å². The monoisotopic (exact) mass is 236 g/mol. The molecule has 3 nitrogen and oxygen atoms in total. The summed E-state index contributed by atoms with van der Waals surface area (Å²) >= 11 is 5.76. The van der Waals surface area contributed by atoms with E-state index in [1.165, 1.54) is 12.8 Å². The summed E-state index contributed by atoms with van der Waals surface area (Å²) in [6.45, 7) is 1.10. The van der Waals surface area contributed by atoms with E-state index in [-0.39, 0.29) is 5.91 Å². The third-order valence-electron chi connectivity index (χ3n) is 2.62. The number of aromatic nitrogens is 1. The van der Waals surface area contributed by atoms with Crippen LogP contribution in [0.5, 0.6) is 0 Å². The van der Waals surface area contributed by atoms with Gasteiger partial charge >= 0.3 is 0 Å². The fraction of sp³-hybridized carbons (Fsp3) is 0.417. The molecule has 0 saturated heterocycles. The third-order valence-corrected chi connectivity index (χ3v) is 2.84. The minimum Gasteiger partial charge on any atom is -0.356 e. The molecule has 1 N–H and O–H groups in total. The third kappa shape index (κ3) is 2.59. The zero-order valence-electron chi connectivity index (χ0n) is 8.87. The summed E-state index contributed by atoms with van der Waals surface area (Å²) in [7, 11) is 0. The second-order valence-electron chi connectivity index (χ2n) is 4.06. The summed E-state index contributed by atoms with van der Waals surface area (Å²) in [6, 6.07) is 1.63. The van der Waals surface area contributed by atoms with Crippen LogP contribution in [0.4, 0.5) is 0 Å². The smallest absolute Gasteiger partial charge is 0.271 e. The highest BCUT2D eigenvalue weighted by Gasteiger charge is 2.27. The molecule has 0 unspecified atom stereocenters. The number of rotatable bonds is 4. The first-order valence-corrected chi connectivity index (χ1v) is 5.65. The molecule has 16 heavy (non-hydrogen) atoms. The molecule has 2 rings (SSSR count). The van der Waals surface area contributed by atoms with Crippen LogP contribution in [-0.4, -0.2) is 28.9 Å². The molecule has 1 aromatic rings. The van der Waals surface area contributed by atoms with Crippen molar-refractivity contribution in [2.24, 2.45) is 5.92 Å². The first-order chi connectivity index (χ1) is 7.70. The Balaban J connectivity index is 2.06. The average Bonchev–Trinajstić information content (AvgIpc) is 2.97. The van der Waals surface area contributed by atoms with Crippen LogP contribution >= 0.6 is 11.6 Å². The molecule has 0 atom stereocenters. The molecule has 1 aliphatic carbocycles. The van der Waals surface area contributed by atoms with Gasteiger partial charge < -0.3 is 9.88 Å². The topological polar surface area (TPSA) is 36.1 Å². The normalized spacial score (nSPS) is 14.5. The van der Waals surface area contributed by atoms with E-state index in [1.807, 2.05) is 0 Å². The number of carbonyl (C=O) groups excluding carboxylic acids is 1. The number of nitrogens with zero attached hydrogens (tertiary/aromatic N) is 1. The summed E-state index contributed by atoms with van der Waals surface area (Å²) in [4.78, 5) is 16.6. The van der Waals surface area contributed by atoms with Crippen molar-refractivity contribution in [1.29, 1.82) is 0 Å². The Bertz CT molecular complexity index is 428. The molecule has 1 saturated carbocycles. The van der Waals surface area contributed by atoms with Crippen LogP contribution in [0.3, 0.4) is 0 Å². The number of nitrogens with one attached hydrogen (secondary N) is 1. The van der Waals surface area contributed by atoms with E-state index >= 15 is 0 Å². The lowest BCUT2D eigenvalue weighted by molar-refractivity contribution is 0.0764. The van der Waals surface area contributed by atoms with Crippen LogP contribution in [-0.2, 0) is 0 Å². The van der Waals surface area contributed by atoms with Gasteiger partial charge in [-0.2, -0.15) is 0 Å². The second-order valence-corrected chi connectivity index (χ2v) is 4.50. The highest BCUT2D eigenvalue weighted by molar-refractivity contribution is 6.30. The maximum Gasteiger partial charge on any atom is 0.271 e. The quantitative estimate of drug-likeness (QED) is 0.799. The van der Waals surface area contributed by atoms with E-state index in [9.17, 15) is 4.79 Å². The van der Waals surface area contributed by atoms with Gasteiger partial charge in [0.2, 0.25) is 0 Å². The minimum atomic E-state index is -0.0725. The van der Waals surface area contributed by atoms with Gasteiger partial charge in [-0.3, -0.25) is 4.79 Å². The summed E-state index contributed by atoms with van der Waals surface area (Å²) in [5.41, 5.74) is 0.501. The van der Waals surface area contributed by atoms with Gasteiger partial charge in [-0.1, -0.05) is 17.5 Å². The number of terminal acetylenes is 1. The zero-order valence-corrected chi connectivity index (χ0v) is 9.63. The van der Waals surface area contributed by atoms with E-state index in [4.69, 9.17) is 18.0 Å². The number of carbonyl (C=O) groups is 1. The first-order valence-electron chi connectivity index (χ1n) is 5.27. The predicted molar refractivity (Wildman–Crippen MR) is 63.3 cm³/mol. The molecule has 1 heterocycles. The average molecular weight is 237 g/mol. The SMILES string of the molecule is C#CCN(CC1CC1)C(=O)c1cc(Cl)c[nH]1. The van der Waals surface area contributed by atoms with Crippen molar-refractivity contribution < 1.29 is 4.79 Å². The minimum absolute atomic E-state index is 0.0725. The molecule has 0 aliphatic heterocycles. The second kappa shape index (κ2) is 4.63. The van der Waals surface area contributed by atoms with E-state index in [0.717, 1.165) is 6.54 Å². The van der Waals surface area contributed by atoms with Gasteiger partial charge in [-0.25, -0.2) is 0 Å². The lowest BCUT2D eigenvalue weighted by atomic mass is 10.3. The summed E-state index contributed by atoms with van der Waals surface area (Å²) in [5.74, 6) is 3.07. The predicted octanol–water partition coefficient (Wildman–Crippen LogP) is 2.15. The maximum atomic E-state index is 12.1. The van der Waals surface area contributed by atoms with E-state index in [1.54, 1.807) is 17.2 Å². The van der Waals surface area contributed by atoms with Gasteiger partial charge in [-0.05, 0) is 24.8 Å². The Kier molecular flexibility index (Phi) is 3.21. The van der Waals surface area contributed by atoms with Crippen molar-refractivity contribution >= 4 is 17.5 Å². The number of amides is 1. The van der Waals surface area contributed by atoms with Gasteiger partial charge in [0.25, 0.3) is 5.91 Å². The number of halogens is 1. The fourth-order valence-electron chi connectivity index (χ4n) is 1.60. The van der Waals surface area contributed by atoms with Crippen molar-refractivity contribution in [3.05, 3.63) is 23.0 Å². The van der Waals surface area contributed by atoms with Crippen molar-refractivity contribution in [2.45, 2.75) is 12.8 Å². The number of hydrogen-bond acceptors (Lipinski definition) is 1. The molecule has 0 spiro atoms. The van der Waals surface area contributed by atoms with Crippen LogP contribution in [0.25, 0.3) is 0 Å². The van der Waals surface area contributed by atoms with E-state index in [0.29, 0.717) is 23.2 Å². The Morgan fingerprint density at radius 3 is 2.94 bits per heavy atom. The zero-order chi connectivity index (χ0) is 11.5. The van der Waals surface area contributed by atoms with Crippen LogP contribution < -0.4 is 0 Å². The van der Waals surface area contributed by atoms with Crippen molar-refractivity contribution in [3.8, 4) is 12.3 Å². The lowest BCUT2D eigenvalue weighted by Crippen LogP contribution is -2.33. The van der Waals surface area contributed by atoms with Crippen LogP contribution in [0.2, 0.25) is 5.02 Å². The highest BCUT2D eigenvalue weighted by Crippen LogP contribution is 2.30. The molecular formula is C12H13ClN2O. The maximum absolute atomic E-state index is 12.1. The Labute approximate surface area is 99.8 Å². The van der Waals surface area contributed by atoms with Crippen LogP contribution in [0, 0.1) is 18.3 Å². The highest BCUT2D eigenvalue weighted by atomic mass is 35.5. The van der Waals surface area contributed by atoms with Crippen molar-refractivity contribution in [3.63, 3.8) is 0 Å². The van der Waals surface area contributed by atoms with Gasteiger partial charge in [0.15, 0.2) is 0 Å². The van der Waals surface area contributed by atoms with E-state index < -0.39 is 0 Å². The van der Waals surface area contributed by atoms with Gasteiger partial charge in [0.05, 0.1) is 11.6 Å². The Morgan fingerprint density at radius 2 is 2.44 bits per heavy atom. The molecule has 1 aliphatic rings. The van der Waals surface area contributed by atoms with Crippen LogP contribution in [0.15, 0.2) is 12.3 Å². The Hall–Kier alpha value is -1.40. The number of H-pyrrole nitrogens is 1. The molecule has 0 bridgehead atoms. The molecule has 1 fully saturated rings. The van der Waals surface area contributed by atoms with Crippen molar-refractivity contribution in [2.75, 3.05) is 13.1 Å². The molecule has 0 radical (unpaired) electrons.